The highest BCUT2D eigenvalue weighted by Crippen LogP contribution is 2.17. The quantitative estimate of drug-likeness (QED) is 0.681. The molecule has 0 unspecified atom stereocenters. The Morgan fingerprint density at radius 2 is 1.89 bits per heavy atom. The number of anilines is 1. The van der Waals surface area contributed by atoms with E-state index in [1.165, 1.54) is 25.3 Å². The van der Waals surface area contributed by atoms with E-state index < -0.39 is 0 Å². The van der Waals surface area contributed by atoms with Crippen LogP contribution in [0.4, 0.5) is 10.1 Å². The van der Waals surface area contributed by atoms with Crippen LogP contribution in [-0.4, -0.2) is 19.6 Å². The van der Waals surface area contributed by atoms with E-state index in [2.05, 4.69) is 11.8 Å². The summed E-state index contributed by atoms with van der Waals surface area (Å²) in [7, 11) is 0. The van der Waals surface area contributed by atoms with Crippen LogP contribution >= 0.6 is 0 Å². The van der Waals surface area contributed by atoms with Gasteiger partial charge in [-0.15, -0.1) is 0 Å². The number of nitrogens with zero attached hydrogens (tertiary/aromatic N) is 1. The van der Waals surface area contributed by atoms with Gasteiger partial charge in [-0.3, -0.25) is 0 Å². The van der Waals surface area contributed by atoms with E-state index in [1.807, 2.05) is 6.07 Å². The number of hydrogen-bond acceptors (Lipinski definition) is 2. The Labute approximate surface area is 110 Å². The summed E-state index contributed by atoms with van der Waals surface area (Å²) in [6.45, 7) is 4.79. The van der Waals surface area contributed by atoms with Crippen molar-refractivity contribution in [1.82, 2.24) is 0 Å². The molecule has 102 valence electrons. The minimum Gasteiger partial charge on any atom is -0.371 e. The van der Waals surface area contributed by atoms with E-state index in [0.29, 0.717) is 6.54 Å². The molecule has 0 bridgehead atoms. The highest BCUT2D eigenvalue weighted by Gasteiger charge is 2.06. The Hall–Kier alpha value is -1.09. The largest absolute Gasteiger partial charge is 0.371 e. The van der Waals surface area contributed by atoms with Gasteiger partial charge < -0.3 is 10.6 Å². The molecule has 0 aromatic heterocycles. The van der Waals surface area contributed by atoms with Crippen molar-refractivity contribution in [1.29, 1.82) is 0 Å². The van der Waals surface area contributed by atoms with Crippen LogP contribution < -0.4 is 10.6 Å². The molecule has 3 heteroatoms. The van der Waals surface area contributed by atoms with Gasteiger partial charge in [-0.1, -0.05) is 32.3 Å². The third-order valence-corrected chi connectivity index (χ3v) is 3.09. The Kier molecular flexibility index (Phi) is 7.42. The molecule has 18 heavy (non-hydrogen) atoms. The second-order valence-electron chi connectivity index (χ2n) is 4.67. The molecule has 1 aromatic rings. The molecule has 0 amide bonds. The number of rotatable bonds is 9. The van der Waals surface area contributed by atoms with Gasteiger partial charge in [0.25, 0.3) is 0 Å². The number of unbranched alkanes of at least 4 members (excludes halogenated alkanes) is 3. The first-order valence-electron chi connectivity index (χ1n) is 6.98. The maximum absolute atomic E-state index is 13.2. The fourth-order valence-corrected chi connectivity index (χ4v) is 2.05. The van der Waals surface area contributed by atoms with Gasteiger partial charge >= 0.3 is 0 Å². The summed E-state index contributed by atoms with van der Waals surface area (Å²) < 4.78 is 13.2. The molecule has 1 rings (SSSR count). The van der Waals surface area contributed by atoms with Crippen molar-refractivity contribution in [3.63, 3.8) is 0 Å². The molecule has 0 atom stereocenters. The van der Waals surface area contributed by atoms with Crippen molar-refractivity contribution in [3.05, 3.63) is 30.1 Å². The molecule has 0 heterocycles. The van der Waals surface area contributed by atoms with Crippen LogP contribution in [0, 0.1) is 5.82 Å². The summed E-state index contributed by atoms with van der Waals surface area (Å²) in [5, 5.41) is 0. The van der Waals surface area contributed by atoms with Crippen molar-refractivity contribution in [2.75, 3.05) is 24.5 Å². The SMILES string of the molecule is CCCCCCN(CCCN)c1cccc(F)c1. The van der Waals surface area contributed by atoms with E-state index in [9.17, 15) is 4.39 Å². The number of hydrogen-bond donors (Lipinski definition) is 1. The average molecular weight is 252 g/mol. The van der Waals surface area contributed by atoms with Crippen molar-refractivity contribution < 1.29 is 4.39 Å². The molecule has 0 aliphatic rings. The zero-order valence-electron chi connectivity index (χ0n) is 11.4. The van der Waals surface area contributed by atoms with Crippen molar-refractivity contribution in [2.24, 2.45) is 5.73 Å². The van der Waals surface area contributed by atoms with Crippen LogP contribution in [0.5, 0.6) is 0 Å². The smallest absolute Gasteiger partial charge is 0.125 e. The van der Waals surface area contributed by atoms with Gasteiger partial charge in [0.05, 0.1) is 0 Å². The highest BCUT2D eigenvalue weighted by molar-refractivity contribution is 5.46. The minimum absolute atomic E-state index is 0.168. The topological polar surface area (TPSA) is 29.3 Å². The lowest BCUT2D eigenvalue weighted by molar-refractivity contribution is 0.618. The van der Waals surface area contributed by atoms with Gasteiger partial charge in [-0.05, 0) is 37.6 Å². The summed E-state index contributed by atoms with van der Waals surface area (Å²) in [6, 6.07) is 6.84. The molecule has 0 saturated carbocycles. The second kappa shape index (κ2) is 8.92. The zero-order chi connectivity index (χ0) is 13.2. The van der Waals surface area contributed by atoms with Gasteiger partial charge in [0, 0.05) is 18.8 Å². The van der Waals surface area contributed by atoms with E-state index in [-0.39, 0.29) is 5.82 Å². The van der Waals surface area contributed by atoms with Gasteiger partial charge in [0.15, 0.2) is 0 Å². The fraction of sp³-hybridized carbons (Fsp3) is 0.600. The molecule has 1 aromatic carbocycles. The predicted octanol–water partition coefficient (Wildman–Crippen LogP) is 3.56. The van der Waals surface area contributed by atoms with Crippen molar-refractivity contribution in [3.8, 4) is 0 Å². The standard InChI is InChI=1S/C15H25FN2/c1-2-3-4-5-11-18(12-7-10-17)15-9-6-8-14(16)13-15/h6,8-9,13H,2-5,7,10-12,17H2,1H3. The number of halogens is 1. The Morgan fingerprint density at radius 1 is 1.11 bits per heavy atom. The van der Waals surface area contributed by atoms with Crippen LogP contribution in [0.3, 0.4) is 0 Å². The second-order valence-corrected chi connectivity index (χ2v) is 4.67. The monoisotopic (exact) mass is 252 g/mol. The summed E-state index contributed by atoms with van der Waals surface area (Å²) in [5.74, 6) is -0.168. The molecule has 0 aliphatic heterocycles. The van der Waals surface area contributed by atoms with E-state index in [0.717, 1.165) is 31.6 Å². The minimum atomic E-state index is -0.168. The van der Waals surface area contributed by atoms with Gasteiger partial charge in [-0.25, -0.2) is 4.39 Å². The maximum Gasteiger partial charge on any atom is 0.125 e. The average Bonchev–Trinajstić information content (AvgIpc) is 2.38. The van der Waals surface area contributed by atoms with E-state index >= 15 is 0 Å². The van der Waals surface area contributed by atoms with Gasteiger partial charge in [0.2, 0.25) is 0 Å². The first kappa shape index (κ1) is 15.0. The molecular weight excluding hydrogens is 227 g/mol. The Bertz CT molecular complexity index is 328. The highest BCUT2D eigenvalue weighted by atomic mass is 19.1. The summed E-state index contributed by atoms with van der Waals surface area (Å²) in [4.78, 5) is 2.24. The summed E-state index contributed by atoms with van der Waals surface area (Å²) in [6.07, 6.45) is 5.86. The van der Waals surface area contributed by atoms with Crippen LogP contribution in [0.25, 0.3) is 0 Å². The predicted molar refractivity (Wildman–Crippen MR) is 76.4 cm³/mol. The molecule has 0 aliphatic carbocycles. The zero-order valence-corrected chi connectivity index (χ0v) is 11.4. The first-order chi connectivity index (χ1) is 8.77. The lowest BCUT2D eigenvalue weighted by Gasteiger charge is -2.24. The van der Waals surface area contributed by atoms with Crippen LogP contribution in [-0.2, 0) is 0 Å². The van der Waals surface area contributed by atoms with Gasteiger partial charge in [-0.2, -0.15) is 0 Å². The molecular formula is C15H25FN2. The van der Waals surface area contributed by atoms with Crippen LogP contribution in [0.15, 0.2) is 24.3 Å². The Morgan fingerprint density at radius 3 is 2.56 bits per heavy atom. The molecule has 0 fully saturated rings. The normalized spacial score (nSPS) is 10.6. The van der Waals surface area contributed by atoms with Gasteiger partial charge in [0.1, 0.15) is 5.82 Å². The lowest BCUT2D eigenvalue weighted by Crippen LogP contribution is -2.27. The van der Waals surface area contributed by atoms with Crippen molar-refractivity contribution >= 4 is 5.69 Å². The molecule has 2 N–H and O–H groups in total. The van der Waals surface area contributed by atoms with E-state index in [4.69, 9.17) is 5.73 Å². The number of nitrogens with two attached hydrogens (primary N) is 1. The van der Waals surface area contributed by atoms with Crippen LogP contribution in [0.2, 0.25) is 0 Å². The number of benzene rings is 1. The molecule has 0 radical (unpaired) electrons. The first-order valence-corrected chi connectivity index (χ1v) is 6.98. The van der Waals surface area contributed by atoms with Crippen molar-refractivity contribution in [2.45, 2.75) is 39.0 Å². The Balaban J connectivity index is 2.54. The molecule has 0 saturated heterocycles. The third kappa shape index (κ3) is 5.50. The molecule has 0 spiro atoms. The lowest BCUT2D eigenvalue weighted by atomic mass is 10.2. The maximum atomic E-state index is 13.2. The van der Waals surface area contributed by atoms with E-state index in [1.54, 1.807) is 12.1 Å². The van der Waals surface area contributed by atoms with Crippen LogP contribution in [0.1, 0.15) is 39.0 Å². The summed E-state index contributed by atoms with van der Waals surface area (Å²) in [5.41, 5.74) is 6.53. The molecule has 2 nitrogen and oxygen atoms in total. The summed E-state index contributed by atoms with van der Waals surface area (Å²) >= 11 is 0. The fourth-order valence-electron chi connectivity index (χ4n) is 2.05. The third-order valence-electron chi connectivity index (χ3n) is 3.09.